The van der Waals surface area contributed by atoms with Crippen molar-refractivity contribution >= 4 is 0 Å². The standard InChI is InChI=1S/C12H24/c1-3-5-8-11(7-4-2)12-9-6-10-12/h11-12H,3-10H2,1-2H3. The van der Waals surface area contributed by atoms with E-state index in [1.807, 2.05) is 0 Å². The summed E-state index contributed by atoms with van der Waals surface area (Å²) in [6.45, 7) is 4.64. The number of hydrogen-bond donors (Lipinski definition) is 0. The zero-order valence-electron chi connectivity index (χ0n) is 8.81. The fourth-order valence-corrected chi connectivity index (χ4v) is 2.36. The van der Waals surface area contributed by atoms with Crippen LogP contribution in [0.2, 0.25) is 0 Å². The molecule has 72 valence electrons. The first kappa shape index (κ1) is 10.1. The lowest BCUT2D eigenvalue weighted by Gasteiger charge is -2.33. The third kappa shape index (κ3) is 2.80. The van der Waals surface area contributed by atoms with Gasteiger partial charge in [-0.3, -0.25) is 0 Å². The summed E-state index contributed by atoms with van der Waals surface area (Å²) in [5, 5.41) is 0. The van der Waals surface area contributed by atoms with Crippen LogP contribution in [0.5, 0.6) is 0 Å². The Labute approximate surface area is 77.7 Å². The predicted molar refractivity (Wildman–Crippen MR) is 55.3 cm³/mol. The number of unbranched alkanes of at least 4 members (excludes halogenated alkanes) is 1. The topological polar surface area (TPSA) is 0 Å². The fraction of sp³-hybridized carbons (Fsp3) is 1.00. The van der Waals surface area contributed by atoms with Crippen LogP contribution in [0.25, 0.3) is 0 Å². The first-order valence-corrected chi connectivity index (χ1v) is 5.88. The molecule has 0 aromatic heterocycles. The van der Waals surface area contributed by atoms with Crippen LogP contribution in [0.1, 0.15) is 65.2 Å². The van der Waals surface area contributed by atoms with E-state index in [1.54, 1.807) is 0 Å². The summed E-state index contributed by atoms with van der Waals surface area (Å²) in [4.78, 5) is 0. The van der Waals surface area contributed by atoms with Gasteiger partial charge in [-0.2, -0.15) is 0 Å². The predicted octanol–water partition coefficient (Wildman–Crippen LogP) is 4.39. The van der Waals surface area contributed by atoms with Crippen molar-refractivity contribution in [2.24, 2.45) is 11.8 Å². The van der Waals surface area contributed by atoms with E-state index < -0.39 is 0 Å². The largest absolute Gasteiger partial charge is 0.0654 e. The average molecular weight is 168 g/mol. The van der Waals surface area contributed by atoms with Crippen LogP contribution < -0.4 is 0 Å². The number of hydrogen-bond acceptors (Lipinski definition) is 0. The van der Waals surface area contributed by atoms with Gasteiger partial charge < -0.3 is 0 Å². The summed E-state index contributed by atoms with van der Waals surface area (Å²) >= 11 is 0. The Morgan fingerprint density at radius 1 is 1.08 bits per heavy atom. The van der Waals surface area contributed by atoms with Crippen LogP contribution in [0.15, 0.2) is 0 Å². The van der Waals surface area contributed by atoms with Gasteiger partial charge in [-0.25, -0.2) is 0 Å². The molecule has 0 radical (unpaired) electrons. The minimum Gasteiger partial charge on any atom is -0.0654 e. The first-order valence-electron chi connectivity index (χ1n) is 5.88. The van der Waals surface area contributed by atoms with Crippen LogP contribution in [-0.4, -0.2) is 0 Å². The van der Waals surface area contributed by atoms with E-state index in [1.165, 1.54) is 51.4 Å². The van der Waals surface area contributed by atoms with E-state index >= 15 is 0 Å². The zero-order valence-corrected chi connectivity index (χ0v) is 8.81. The highest BCUT2D eigenvalue weighted by molar-refractivity contribution is 4.77. The summed E-state index contributed by atoms with van der Waals surface area (Å²) < 4.78 is 0. The SMILES string of the molecule is CCCCC(CCC)C1CCC1. The Kier molecular flexibility index (Phi) is 4.72. The Hall–Kier alpha value is 0. The molecule has 1 aliphatic carbocycles. The van der Waals surface area contributed by atoms with Crippen LogP contribution in [0.3, 0.4) is 0 Å². The van der Waals surface area contributed by atoms with Gasteiger partial charge in [0.25, 0.3) is 0 Å². The lowest BCUT2D eigenvalue weighted by Crippen LogP contribution is -2.21. The number of rotatable bonds is 6. The Morgan fingerprint density at radius 3 is 2.25 bits per heavy atom. The molecule has 0 bridgehead atoms. The molecule has 0 heterocycles. The normalized spacial score (nSPS) is 20.5. The first-order chi connectivity index (χ1) is 5.88. The van der Waals surface area contributed by atoms with Crippen LogP contribution in [0.4, 0.5) is 0 Å². The van der Waals surface area contributed by atoms with Gasteiger partial charge in [-0.15, -0.1) is 0 Å². The highest BCUT2D eigenvalue weighted by atomic mass is 14.3. The van der Waals surface area contributed by atoms with Crippen molar-refractivity contribution in [2.75, 3.05) is 0 Å². The van der Waals surface area contributed by atoms with Crippen molar-refractivity contribution < 1.29 is 0 Å². The van der Waals surface area contributed by atoms with E-state index in [0.717, 1.165) is 11.8 Å². The Morgan fingerprint density at radius 2 is 1.83 bits per heavy atom. The van der Waals surface area contributed by atoms with Crippen LogP contribution in [-0.2, 0) is 0 Å². The lowest BCUT2D eigenvalue weighted by atomic mass is 9.72. The van der Waals surface area contributed by atoms with Crippen molar-refractivity contribution in [3.8, 4) is 0 Å². The average Bonchev–Trinajstić information content (AvgIpc) is 1.97. The van der Waals surface area contributed by atoms with E-state index in [9.17, 15) is 0 Å². The maximum absolute atomic E-state index is 2.33. The van der Waals surface area contributed by atoms with Gasteiger partial charge in [0.2, 0.25) is 0 Å². The van der Waals surface area contributed by atoms with E-state index in [4.69, 9.17) is 0 Å². The molecule has 0 nitrogen and oxygen atoms in total. The maximum Gasteiger partial charge on any atom is -0.0386 e. The van der Waals surface area contributed by atoms with Crippen molar-refractivity contribution in [3.05, 3.63) is 0 Å². The molecule has 0 saturated heterocycles. The van der Waals surface area contributed by atoms with Crippen LogP contribution in [0, 0.1) is 11.8 Å². The molecule has 0 spiro atoms. The summed E-state index contributed by atoms with van der Waals surface area (Å²) in [7, 11) is 0. The molecule has 12 heavy (non-hydrogen) atoms. The second-order valence-electron chi connectivity index (χ2n) is 4.38. The second-order valence-corrected chi connectivity index (χ2v) is 4.38. The van der Waals surface area contributed by atoms with E-state index in [2.05, 4.69) is 13.8 Å². The van der Waals surface area contributed by atoms with Gasteiger partial charge in [-0.05, 0) is 11.8 Å². The molecule has 0 N–H and O–H groups in total. The van der Waals surface area contributed by atoms with E-state index in [0.29, 0.717) is 0 Å². The molecule has 0 heteroatoms. The highest BCUT2D eigenvalue weighted by Gasteiger charge is 2.25. The smallest absolute Gasteiger partial charge is 0.0386 e. The Bertz CT molecular complexity index is 103. The van der Waals surface area contributed by atoms with Crippen molar-refractivity contribution in [1.82, 2.24) is 0 Å². The molecule has 1 rings (SSSR count). The third-order valence-electron chi connectivity index (χ3n) is 3.40. The Balaban J connectivity index is 2.17. The monoisotopic (exact) mass is 168 g/mol. The zero-order chi connectivity index (χ0) is 8.81. The second kappa shape index (κ2) is 5.61. The fourth-order valence-electron chi connectivity index (χ4n) is 2.36. The van der Waals surface area contributed by atoms with Crippen molar-refractivity contribution in [2.45, 2.75) is 65.2 Å². The molecule has 1 saturated carbocycles. The van der Waals surface area contributed by atoms with Crippen molar-refractivity contribution in [1.29, 1.82) is 0 Å². The minimum absolute atomic E-state index is 1.09. The summed E-state index contributed by atoms with van der Waals surface area (Å²) in [5.74, 6) is 2.21. The molecule has 0 aromatic rings. The molecule has 0 amide bonds. The molecule has 1 fully saturated rings. The highest BCUT2D eigenvalue weighted by Crippen LogP contribution is 2.38. The summed E-state index contributed by atoms with van der Waals surface area (Å²) in [5.41, 5.74) is 0. The van der Waals surface area contributed by atoms with Gasteiger partial charge in [0.05, 0.1) is 0 Å². The van der Waals surface area contributed by atoms with Gasteiger partial charge in [0.1, 0.15) is 0 Å². The maximum atomic E-state index is 2.33. The third-order valence-corrected chi connectivity index (χ3v) is 3.40. The van der Waals surface area contributed by atoms with Gasteiger partial charge in [0.15, 0.2) is 0 Å². The molecule has 1 atom stereocenters. The van der Waals surface area contributed by atoms with Gasteiger partial charge in [-0.1, -0.05) is 65.2 Å². The molecule has 0 aliphatic heterocycles. The van der Waals surface area contributed by atoms with Crippen molar-refractivity contribution in [3.63, 3.8) is 0 Å². The van der Waals surface area contributed by atoms with Crippen LogP contribution >= 0.6 is 0 Å². The lowest BCUT2D eigenvalue weighted by molar-refractivity contribution is 0.181. The molecule has 0 aromatic carbocycles. The molecular formula is C12H24. The molecule has 1 unspecified atom stereocenters. The van der Waals surface area contributed by atoms with E-state index in [-0.39, 0.29) is 0 Å². The summed E-state index contributed by atoms with van der Waals surface area (Å²) in [6.07, 6.45) is 11.8. The quantitative estimate of drug-likeness (QED) is 0.551. The van der Waals surface area contributed by atoms with Gasteiger partial charge >= 0.3 is 0 Å². The molecular weight excluding hydrogens is 144 g/mol. The molecule has 1 aliphatic rings. The van der Waals surface area contributed by atoms with Gasteiger partial charge in [0, 0.05) is 0 Å². The summed E-state index contributed by atoms with van der Waals surface area (Å²) in [6, 6.07) is 0. The minimum atomic E-state index is 1.09.